The molecule has 1 aromatic rings. The first-order valence-corrected chi connectivity index (χ1v) is 8.80. The minimum Gasteiger partial charge on any atom is -0.480 e. The Kier molecular flexibility index (Phi) is 9.85. The standard InChI is InChI=1S/C17H24N4O8/c1-12(2)9-14(16(23)24)19-17(25)28-11-20-7-4-5-13(10-20)15(22)18-6-8-29-21(26)27-3/h4-5,7,10,12,14H,6,8-9,11H2,1-3H3,(H-2,18,19,22,23,24,25)/p+2/t14-/m0/s1. The number of nitrogens with zero attached hydrogens (tertiary/aromatic N) is 2. The average Bonchev–Trinajstić information content (AvgIpc) is 2.68. The Morgan fingerprint density at radius 1 is 1.31 bits per heavy atom. The molecule has 0 radical (unpaired) electrons. The lowest BCUT2D eigenvalue weighted by molar-refractivity contribution is -0.976. The normalized spacial score (nSPS) is 11.3. The van der Waals surface area contributed by atoms with Crippen molar-refractivity contribution in [3.05, 3.63) is 35.0 Å². The van der Waals surface area contributed by atoms with Gasteiger partial charge in [-0.05, 0) is 18.4 Å². The molecule has 0 bridgehead atoms. The van der Waals surface area contributed by atoms with Crippen LogP contribution in [0.5, 0.6) is 0 Å². The van der Waals surface area contributed by atoms with E-state index in [1.165, 1.54) is 10.8 Å². The maximum atomic E-state index is 12.1. The van der Waals surface area contributed by atoms with Crippen molar-refractivity contribution < 1.29 is 43.6 Å². The third-order valence-electron chi connectivity index (χ3n) is 3.50. The van der Waals surface area contributed by atoms with Gasteiger partial charge in [-0.15, -0.1) is 0 Å². The molecule has 12 heteroatoms. The van der Waals surface area contributed by atoms with E-state index in [1.807, 2.05) is 13.8 Å². The first kappa shape index (κ1) is 23.6. The van der Waals surface area contributed by atoms with Crippen molar-refractivity contribution in [2.45, 2.75) is 33.0 Å². The molecule has 0 aliphatic rings. The van der Waals surface area contributed by atoms with Crippen molar-refractivity contribution >= 4 is 18.0 Å². The fourth-order valence-electron chi connectivity index (χ4n) is 2.19. The number of hydrogen-bond donors (Lipinski definition) is 3. The number of carbonyl (C=O) groups excluding carboxylic acids is 2. The summed E-state index contributed by atoms with van der Waals surface area (Å²) in [6.45, 7) is 3.45. The molecule has 0 aliphatic heterocycles. The SMILES string of the molecule is CO[N+](=O)OCCNC(=O)c1ccc[n+](COC(=O)N[C@@H](CC(C)C)C(=O)O)c1. The van der Waals surface area contributed by atoms with Crippen molar-refractivity contribution in [1.29, 1.82) is 0 Å². The van der Waals surface area contributed by atoms with Crippen LogP contribution in [-0.4, -0.2) is 54.5 Å². The van der Waals surface area contributed by atoms with E-state index in [0.717, 1.165) is 7.11 Å². The van der Waals surface area contributed by atoms with E-state index in [-0.39, 0.29) is 42.9 Å². The third kappa shape index (κ3) is 9.35. The van der Waals surface area contributed by atoms with Crippen LogP contribution in [0.3, 0.4) is 0 Å². The molecule has 1 rings (SSSR count). The Balaban J connectivity index is 2.51. The highest BCUT2D eigenvalue weighted by atomic mass is 17.0. The summed E-state index contributed by atoms with van der Waals surface area (Å²) in [5, 5.41) is 13.9. The number of carboxylic acids is 1. The molecule has 1 atom stereocenters. The molecule has 0 saturated heterocycles. The van der Waals surface area contributed by atoms with Gasteiger partial charge in [-0.3, -0.25) is 4.79 Å². The molecular weight excluding hydrogens is 388 g/mol. The van der Waals surface area contributed by atoms with Gasteiger partial charge in [0.05, 0.1) is 6.54 Å². The van der Waals surface area contributed by atoms with Gasteiger partial charge >= 0.3 is 17.1 Å². The maximum Gasteiger partial charge on any atom is 0.477 e. The van der Waals surface area contributed by atoms with E-state index in [4.69, 9.17) is 9.84 Å². The van der Waals surface area contributed by atoms with Gasteiger partial charge in [0.1, 0.15) is 16.5 Å². The van der Waals surface area contributed by atoms with Crippen molar-refractivity contribution in [2.75, 3.05) is 20.3 Å². The predicted molar refractivity (Wildman–Crippen MR) is 96.1 cm³/mol. The number of nitrogens with one attached hydrogen (secondary N) is 2. The number of aliphatic carboxylic acids is 1. The number of hydrogen-bond acceptors (Lipinski definition) is 7. The van der Waals surface area contributed by atoms with Crippen LogP contribution < -0.4 is 15.2 Å². The van der Waals surface area contributed by atoms with Crippen LogP contribution in [0.1, 0.15) is 30.6 Å². The summed E-state index contributed by atoms with van der Waals surface area (Å²) >= 11 is 0. The second-order valence-electron chi connectivity index (χ2n) is 6.33. The van der Waals surface area contributed by atoms with Crippen LogP contribution in [0, 0.1) is 10.8 Å². The highest BCUT2D eigenvalue weighted by molar-refractivity contribution is 5.93. The molecule has 0 aliphatic carbocycles. The van der Waals surface area contributed by atoms with Gasteiger partial charge < -0.3 is 20.5 Å². The van der Waals surface area contributed by atoms with E-state index in [9.17, 15) is 19.3 Å². The van der Waals surface area contributed by atoms with Crippen molar-refractivity contribution in [2.24, 2.45) is 5.92 Å². The summed E-state index contributed by atoms with van der Waals surface area (Å²) in [5.74, 6) is -1.49. The number of rotatable bonds is 12. The van der Waals surface area contributed by atoms with Crippen LogP contribution in [0.2, 0.25) is 0 Å². The lowest BCUT2D eigenvalue weighted by atomic mass is 10.0. The molecule has 0 spiro atoms. The summed E-state index contributed by atoms with van der Waals surface area (Å²) in [7, 11) is 1.14. The lowest BCUT2D eigenvalue weighted by Crippen LogP contribution is -2.44. The monoisotopic (exact) mass is 414 g/mol. The Morgan fingerprint density at radius 3 is 2.66 bits per heavy atom. The van der Waals surface area contributed by atoms with Gasteiger partial charge in [-0.2, -0.15) is 14.2 Å². The first-order valence-electron chi connectivity index (χ1n) is 8.80. The first-order chi connectivity index (χ1) is 13.7. The molecule has 0 fully saturated rings. The summed E-state index contributed by atoms with van der Waals surface area (Å²) in [4.78, 5) is 54.6. The molecule has 3 N–H and O–H groups in total. The molecule has 2 amide bonds. The van der Waals surface area contributed by atoms with E-state index in [1.54, 1.807) is 18.3 Å². The Labute approximate surface area is 167 Å². The van der Waals surface area contributed by atoms with Crippen molar-refractivity contribution in [3.8, 4) is 0 Å². The maximum absolute atomic E-state index is 12.1. The van der Waals surface area contributed by atoms with E-state index < -0.39 is 24.0 Å². The van der Waals surface area contributed by atoms with Crippen LogP contribution in [0.15, 0.2) is 24.5 Å². The number of aromatic nitrogens is 1. The fraction of sp³-hybridized carbons (Fsp3) is 0.529. The van der Waals surface area contributed by atoms with Crippen molar-refractivity contribution in [3.63, 3.8) is 0 Å². The highest BCUT2D eigenvalue weighted by Crippen LogP contribution is 2.05. The highest BCUT2D eigenvalue weighted by Gasteiger charge is 2.22. The van der Waals surface area contributed by atoms with E-state index in [2.05, 4.69) is 20.3 Å². The summed E-state index contributed by atoms with van der Waals surface area (Å²) in [6.07, 6.45) is 2.41. The molecule has 1 heterocycles. The van der Waals surface area contributed by atoms with E-state index >= 15 is 0 Å². The summed E-state index contributed by atoms with van der Waals surface area (Å²) in [6, 6.07) is 2.08. The topological polar surface area (TPSA) is 147 Å². The van der Waals surface area contributed by atoms with Gasteiger partial charge in [0.25, 0.3) is 12.6 Å². The third-order valence-corrected chi connectivity index (χ3v) is 3.50. The van der Waals surface area contributed by atoms with Crippen LogP contribution in [0.25, 0.3) is 0 Å². The molecular formula is C17H26N4O8+2. The summed E-state index contributed by atoms with van der Waals surface area (Å²) in [5.41, 5.74) is 0.283. The predicted octanol–water partition coefficient (Wildman–Crippen LogP) is 0.159. The Hall–Kier alpha value is -3.44. The van der Waals surface area contributed by atoms with Gasteiger partial charge in [-0.25, -0.2) is 9.59 Å². The smallest absolute Gasteiger partial charge is 0.477 e. The molecule has 160 valence electrons. The van der Waals surface area contributed by atoms with Crippen molar-refractivity contribution in [1.82, 2.24) is 10.6 Å². The largest absolute Gasteiger partial charge is 0.480 e. The second-order valence-corrected chi connectivity index (χ2v) is 6.33. The number of carbonyl (C=O) groups is 3. The molecule has 0 saturated carbocycles. The zero-order valence-electron chi connectivity index (χ0n) is 16.5. The second kappa shape index (κ2) is 12.1. The van der Waals surface area contributed by atoms with Gasteiger partial charge in [0, 0.05) is 6.07 Å². The Bertz CT molecular complexity index is 725. The number of ether oxygens (including phenoxy) is 1. The van der Waals surface area contributed by atoms with Gasteiger partial charge in [0.2, 0.25) is 0 Å². The summed E-state index contributed by atoms with van der Waals surface area (Å²) < 4.78 is 6.44. The molecule has 1 aromatic heterocycles. The number of pyridine rings is 1. The molecule has 0 unspecified atom stereocenters. The number of amides is 2. The zero-order valence-corrected chi connectivity index (χ0v) is 16.5. The quantitative estimate of drug-likeness (QED) is 0.249. The molecule has 0 aromatic carbocycles. The average molecular weight is 414 g/mol. The van der Waals surface area contributed by atoms with Crippen LogP contribution >= 0.6 is 0 Å². The molecule has 12 nitrogen and oxygen atoms in total. The van der Waals surface area contributed by atoms with Gasteiger partial charge in [0.15, 0.2) is 26.1 Å². The Morgan fingerprint density at radius 2 is 2.03 bits per heavy atom. The molecule has 29 heavy (non-hydrogen) atoms. The van der Waals surface area contributed by atoms with Gasteiger partial charge in [-0.1, -0.05) is 13.8 Å². The van der Waals surface area contributed by atoms with Crippen LogP contribution in [0.4, 0.5) is 4.79 Å². The lowest BCUT2D eigenvalue weighted by Gasteiger charge is -2.15. The zero-order chi connectivity index (χ0) is 21.8. The van der Waals surface area contributed by atoms with Crippen LogP contribution in [-0.2, 0) is 25.9 Å². The minimum absolute atomic E-state index is 0.0706. The number of alkyl carbamates (subject to hydrolysis) is 1. The fourth-order valence-corrected chi connectivity index (χ4v) is 2.19. The van der Waals surface area contributed by atoms with E-state index in [0.29, 0.717) is 0 Å². The number of carboxylic acid groups (broad SMARTS) is 1. The minimum atomic E-state index is -1.14.